The van der Waals surface area contributed by atoms with Crippen LogP contribution in [0, 0.1) is 0 Å². The molecular weight excluding hydrogens is 739 g/mol. The van der Waals surface area contributed by atoms with Crippen LogP contribution >= 0.6 is 23.2 Å². The maximum atomic E-state index is 14.5. The summed E-state index contributed by atoms with van der Waals surface area (Å²) in [5, 5.41) is 3.39. The fraction of sp³-hybridized carbons (Fsp3) is 0.340. The number of carbonyl (C=O) groups is 1. The van der Waals surface area contributed by atoms with Gasteiger partial charge in [0.15, 0.2) is 5.78 Å². The van der Waals surface area contributed by atoms with Gasteiger partial charge in [-0.05, 0) is 98.9 Å². The van der Waals surface area contributed by atoms with Gasteiger partial charge in [-0.15, -0.1) is 0 Å². The second-order valence-electron chi connectivity index (χ2n) is 16.1. The van der Waals surface area contributed by atoms with E-state index in [1.165, 1.54) is 0 Å². The zero-order valence-corrected chi connectivity index (χ0v) is 32.8. The number of ketones is 1. The molecule has 2 saturated heterocycles. The lowest BCUT2D eigenvalue weighted by molar-refractivity contribution is -0.135. The molecule has 2 saturated carbocycles. The van der Waals surface area contributed by atoms with Gasteiger partial charge < -0.3 is 9.47 Å². The number of Topliss-reactive ketones (excluding diaryl/α,β-unsaturated/α-hetero) is 1. The summed E-state index contributed by atoms with van der Waals surface area (Å²) < 4.78 is 13.0. The first-order chi connectivity index (χ1) is 27.4. The summed E-state index contributed by atoms with van der Waals surface area (Å²) in [7, 11) is 0. The molecule has 0 N–H and O–H groups in total. The molecule has 2 aliphatic heterocycles. The zero-order chi connectivity index (χ0) is 37.9. The van der Waals surface area contributed by atoms with Crippen molar-refractivity contribution in [3.63, 3.8) is 0 Å². The number of halogens is 2. The summed E-state index contributed by atoms with van der Waals surface area (Å²) >= 11 is 13.5. The van der Waals surface area contributed by atoms with Crippen LogP contribution in [-0.2, 0) is 4.79 Å². The van der Waals surface area contributed by atoms with E-state index in [9.17, 15) is 4.79 Å². The molecule has 0 bridgehead atoms. The Morgan fingerprint density at radius 1 is 0.554 bits per heavy atom. The third-order valence-corrected chi connectivity index (χ3v) is 13.5. The van der Waals surface area contributed by atoms with E-state index in [1.807, 2.05) is 48.5 Å². The Morgan fingerprint density at radius 3 is 1.32 bits per heavy atom. The van der Waals surface area contributed by atoms with E-state index in [4.69, 9.17) is 32.7 Å². The highest BCUT2D eigenvalue weighted by molar-refractivity contribution is 6.38. The van der Waals surface area contributed by atoms with E-state index in [0.717, 1.165) is 133 Å². The third-order valence-electron chi connectivity index (χ3n) is 12.7. The molecule has 0 amide bonds. The number of fused-ring (bicyclic) bond motifs is 2. The molecule has 0 radical (unpaired) electrons. The molecule has 4 aromatic carbocycles. The average molecular weight is 784 g/mol. The first-order valence-electron chi connectivity index (χ1n) is 20.1. The van der Waals surface area contributed by atoms with Crippen molar-refractivity contribution < 1.29 is 14.3 Å². The first kappa shape index (κ1) is 35.9. The Hall–Kier alpha value is -4.53. The number of piperidine rings is 2. The van der Waals surface area contributed by atoms with Gasteiger partial charge in [-0.1, -0.05) is 83.9 Å². The summed E-state index contributed by atoms with van der Waals surface area (Å²) in [6.07, 6.45) is 11.4. The molecule has 0 atom stereocenters. The normalized spacial score (nSPS) is 19.9. The first-order valence-corrected chi connectivity index (χ1v) is 20.8. The van der Waals surface area contributed by atoms with Crippen molar-refractivity contribution in [3.05, 3.63) is 120 Å². The predicted octanol–water partition coefficient (Wildman–Crippen LogP) is 10.4. The van der Waals surface area contributed by atoms with Gasteiger partial charge in [0.2, 0.25) is 0 Å². The second kappa shape index (κ2) is 14.4. The van der Waals surface area contributed by atoms with Crippen LogP contribution in [0.15, 0.2) is 109 Å². The van der Waals surface area contributed by atoms with E-state index in [1.54, 1.807) is 12.4 Å². The van der Waals surface area contributed by atoms with Crippen molar-refractivity contribution in [1.82, 2.24) is 19.8 Å². The van der Waals surface area contributed by atoms with Crippen molar-refractivity contribution in [2.45, 2.75) is 74.7 Å². The molecule has 0 spiro atoms. The lowest BCUT2D eigenvalue weighted by atomic mass is 9.93. The number of ether oxygens (including phenoxy) is 2. The zero-order valence-electron chi connectivity index (χ0n) is 31.3. The number of rotatable bonds is 10. The lowest BCUT2D eigenvalue weighted by Crippen LogP contribution is -2.58. The number of aromatic nitrogens is 2. The highest BCUT2D eigenvalue weighted by Crippen LogP contribution is 2.55. The van der Waals surface area contributed by atoms with E-state index in [0.29, 0.717) is 15.8 Å². The largest absolute Gasteiger partial charge is 0.490 e. The monoisotopic (exact) mass is 782 g/mol. The van der Waals surface area contributed by atoms with Crippen LogP contribution < -0.4 is 9.47 Å². The third kappa shape index (κ3) is 6.52. The number of carbonyl (C=O) groups excluding carboxylic acids is 1. The van der Waals surface area contributed by atoms with Gasteiger partial charge in [0.25, 0.3) is 0 Å². The molecule has 2 aliphatic carbocycles. The summed E-state index contributed by atoms with van der Waals surface area (Å²) in [4.78, 5) is 28.4. The molecule has 2 aromatic heterocycles. The van der Waals surface area contributed by atoms with E-state index in [2.05, 4.69) is 68.3 Å². The van der Waals surface area contributed by atoms with Crippen LogP contribution in [0.1, 0.15) is 51.4 Å². The van der Waals surface area contributed by atoms with Gasteiger partial charge in [-0.3, -0.25) is 24.6 Å². The number of likely N-dealkylation sites (tertiary alicyclic amines) is 2. The lowest BCUT2D eigenvalue weighted by Gasteiger charge is -2.42. The number of hydrogen-bond acceptors (Lipinski definition) is 7. The standard InChI is InChI=1S/C47H44Cl2N4O3/c48-41-39(15-9-33-3-1-25-50-43(33)41)31-5-11-35(12-6-31)55-37-17-27-52(28-18-37)46(21-22-46)45(54)47(23-24-47)53-29-19-38(20-30-53)56-36-13-7-32(8-14-36)40-16-10-34-4-2-26-51-44(34)42(40)49/h1-16,25-26,37-38H,17-24,27-30H2. The minimum Gasteiger partial charge on any atom is -0.490 e. The van der Waals surface area contributed by atoms with Crippen molar-refractivity contribution >= 4 is 50.8 Å². The molecule has 6 aromatic rings. The van der Waals surface area contributed by atoms with Gasteiger partial charge >= 0.3 is 0 Å². The van der Waals surface area contributed by atoms with Gasteiger partial charge in [0, 0.05) is 60.5 Å². The Balaban J connectivity index is 0.718. The van der Waals surface area contributed by atoms with Crippen LogP contribution in [0.4, 0.5) is 0 Å². The smallest absolute Gasteiger partial charge is 0.173 e. The van der Waals surface area contributed by atoms with E-state index < -0.39 is 0 Å². The minimum absolute atomic E-state index is 0.135. The number of pyridine rings is 2. The van der Waals surface area contributed by atoms with Gasteiger partial charge in [-0.2, -0.15) is 0 Å². The number of nitrogens with zero attached hydrogens (tertiary/aromatic N) is 4. The van der Waals surface area contributed by atoms with Crippen molar-refractivity contribution in [2.24, 2.45) is 0 Å². The molecule has 4 aliphatic rings. The molecule has 0 unspecified atom stereocenters. The summed E-state index contributed by atoms with van der Waals surface area (Å²) in [5.74, 6) is 2.20. The fourth-order valence-corrected chi connectivity index (χ4v) is 9.98. The minimum atomic E-state index is -0.295. The number of hydrogen-bond donors (Lipinski definition) is 0. The van der Waals surface area contributed by atoms with Crippen LogP contribution in [0.5, 0.6) is 11.5 Å². The summed E-state index contributed by atoms with van der Waals surface area (Å²) in [6.45, 7) is 3.57. The van der Waals surface area contributed by atoms with Crippen molar-refractivity contribution in [3.8, 4) is 33.8 Å². The molecule has 4 heterocycles. The van der Waals surface area contributed by atoms with E-state index >= 15 is 0 Å². The Kier molecular flexibility index (Phi) is 9.25. The van der Waals surface area contributed by atoms with Crippen molar-refractivity contribution in [1.29, 1.82) is 0 Å². The van der Waals surface area contributed by atoms with Gasteiger partial charge in [-0.25, -0.2) is 0 Å². The quantitative estimate of drug-likeness (QED) is 0.137. The number of benzene rings is 4. The molecule has 4 fully saturated rings. The predicted molar refractivity (Wildman–Crippen MR) is 224 cm³/mol. The van der Waals surface area contributed by atoms with Crippen molar-refractivity contribution in [2.75, 3.05) is 26.2 Å². The topological polar surface area (TPSA) is 67.8 Å². The fourth-order valence-electron chi connectivity index (χ4n) is 9.32. The maximum absolute atomic E-state index is 14.5. The van der Waals surface area contributed by atoms with Crippen LogP contribution in [0.3, 0.4) is 0 Å². The molecule has 284 valence electrons. The second-order valence-corrected chi connectivity index (χ2v) is 16.8. The molecule has 56 heavy (non-hydrogen) atoms. The highest BCUT2D eigenvalue weighted by atomic mass is 35.5. The molecule has 7 nitrogen and oxygen atoms in total. The Labute approximate surface area is 337 Å². The maximum Gasteiger partial charge on any atom is 0.173 e. The summed E-state index contributed by atoms with van der Waals surface area (Å²) in [6, 6.07) is 32.6. The Morgan fingerprint density at radius 2 is 0.946 bits per heavy atom. The van der Waals surface area contributed by atoms with Gasteiger partial charge in [0.1, 0.15) is 23.7 Å². The summed E-state index contributed by atoms with van der Waals surface area (Å²) in [5.41, 5.74) is 5.04. The van der Waals surface area contributed by atoms with Gasteiger partial charge in [0.05, 0.1) is 32.2 Å². The molecule has 9 heteroatoms. The SMILES string of the molecule is O=C(C1(N2CCC(Oc3ccc(-c4ccc5cccnc5c4Cl)cc3)CC2)CC1)C1(N2CCC(Oc3ccc(-c4ccc5cccnc5c4Cl)cc3)CC2)CC1. The average Bonchev–Trinajstić information content (AvgIpc) is 4.19. The molecular formula is C47H44Cl2N4O3. The molecule has 10 rings (SSSR count). The van der Waals surface area contributed by atoms with Crippen LogP contribution in [0.2, 0.25) is 10.0 Å². The van der Waals surface area contributed by atoms with Crippen LogP contribution in [-0.4, -0.2) is 75.0 Å². The van der Waals surface area contributed by atoms with Crippen LogP contribution in [0.25, 0.3) is 44.1 Å². The highest BCUT2D eigenvalue weighted by Gasteiger charge is 2.66. The van der Waals surface area contributed by atoms with E-state index in [-0.39, 0.29) is 23.3 Å². The Bertz CT molecular complexity index is 2250.